The lowest BCUT2D eigenvalue weighted by molar-refractivity contribution is 0.411. The monoisotopic (exact) mass is 1020 g/mol. The van der Waals surface area contributed by atoms with E-state index in [0.717, 1.165) is 105 Å². The van der Waals surface area contributed by atoms with Crippen LogP contribution >= 0.6 is 0 Å². The van der Waals surface area contributed by atoms with Gasteiger partial charge in [-0.25, -0.2) is 4.98 Å². The van der Waals surface area contributed by atoms with Crippen molar-refractivity contribution in [2.45, 2.75) is 86.2 Å². The van der Waals surface area contributed by atoms with E-state index in [1.54, 1.807) is 0 Å². The van der Waals surface area contributed by atoms with E-state index in [-0.39, 0.29) is 10.8 Å². The van der Waals surface area contributed by atoms with Gasteiger partial charge in [0.15, 0.2) is 0 Å². The van der Waals surface area contributed by atoms with E-state index in [4.69, 9.17) is 9.72 Å². The molecule has 1 aliphatic rings. The first-order valence-electron chi connectivity index (χ1n) is 28.4. The van der Waals surface area contributed by atoms with E-state index in [9.17, 15) is 2.74 Å². The van der Waals surface area contributed by atoms with Gasteiger partial charge in [0, 0.05) is 53.9 Å². The summed E-state index contributed by atoms with van der Waals surface area (Å²) in [6, 6.07) is 74.1. The van der Waals surface area contributed by atoms with Crippen LogP contribution in [-0.2, 0) is 23.9 Å². The molecule has 1 aliphatic heterocycles. The predicted octanol–water partition coefficient (Wildman–Crippen LogP) is 20.1. The van der Waals surface area contributed by atoms with E-state index in [2.05, 4.69) is 256 Å². The molecule has 12 aromatic rings. The Kier molecular flexibility index (Phi) is 11.1. The summed E-state index contributed by atoms with van der Waals surface area (Å²) in [6.07, 6.45) is 0.318. The number of hydrogen-bond donors (Lipinski definition) is 0. The second kappa shape index (κ2) is 18.5. The fourth-order valence-corrected chi connectivity index (χ4v) is 11.8. The maximum atomic E-state index is 9.62. The molecule has 0 N–H and O–H groups in total. The van der Waals surface area contributed by atoms with Gasteiger partial charge in [-0.15, -0.1) is 0 Å². The van der Waals surface area contributed by atoms with Crippen LogP contribution in [0.25, 0.3) is 93.2 Å². The Labute approximate surface area is 461 Å². The molecule has 0 atom stereocenters. The zero-order valence-corrected chi connectivity index (χ0v) is 46.1. The quantitative estimate of drug-likeness (QED) is 0.160. The van der Waals surface area contributed by atoms with Crippen LogP contribution in [0.15, 0.2) is 212 Å². The Bertz CT molecular complexity index is 4530. The lowest BCUT2D eigenvalue weighted by Gasteiger charge is -2.25. The Morgan fingerprint density at radius 1 is 0.462 bits per heavy atom. The van der Waals surface area contributed by atoms with E-state index >= 15 is 0 Å². The molecule has 0 aliphatic carbocycles. The third-order valence-electron chi connectivity index (χ3n) is 15.6. The van der Waals surface area contributed by atoms with Crippen LogP contribution in [0, 0.1) is 5.41 Å². The predicted molar refractivity (Wildman–Crippen MR) is 331 cm³/mol. The molecule has 0 bridgehead atoms. The SMILES string of the molecule is [2H]C([2H])(c1cc(-c2cccc3c4ccccc4c4ccccc4c4cccc5c4n(c23)CN5c2cccc(Oc3ccc4c5cc(-c6ccccc6)ccc5n(-c5cc(C(C)(C)C)ccn5)c4c3)c2)cc(C(C)(C)C)c1)C(C)(C)C. The minimum absolute atomic E-state index is 0.0608. The van der Waals surface area contributed by atoms with Gasteiger partial charge in [0.1, 0.15) is 24.0 Å². The molecule has 4 heterocycles. The smallest absolute Gasteiger partial charge is 0.137 e. The second-order valence-electron chi connectivity index (χ2n) is 24.3. The highest BCUT2D eigenvalue weighted by Gasteiger charge is 2.27. The van der Waals surface area contributed by atoms with Crippen molar-refractivity contribution in [2.24, 2.45) is 5.41 Å². The summed E-state index contributed by atoms with van der Waals surface area (Å²) < 4.78 is 31.0. The highest BCUT2D eigenvalue weighted by atomic mass is 16.5. The van der Waals surface area contributed by atoms with Crippen LogP contribution in [0.1, 0.15) is 81.7 Å². The molecule has 78 heavy (non-hydrogen) atoms. The Morgan fingerprint density at radius 2 is 1.10 bits per heavy atom. The molecular formula is C73H66N4O. The third kappa shape index (κ3) is 8.72. The standard InChI is InChI=1S/C73H66N4O/c1-71(2,3)45-47-38-50(40-52(39-47)73(7,8)9)56-28-18-29-62-59-26-15-13-24-57(59)58-25-14-16-27-60(58)63-30-19-31-66-70(63)76(69(56)62)46-75(66)53-22-17-23-54(43-53)78-55-33-34-61-64-41-49(48-20-11-10-12-21-48)32-35-65(64)77(67(61)44-55)68-42-51(36-37-74-68)72(4,5)6/h10-44H,45-46H2,1-9H3/i45D2. The summed E-state index contributed by atoms with van der Waals surface area (Å²) in [7, 11) is 0. The number of ether oxygens (including phenoxy) is 1. The summed E-state index contributed by atoms with van der Waals surface area (Å²) in [6.45, 7) is 19.9. The number of rotatable bonds is 7. The topological polar surface area (TPSA) is 35.2 Å². The van der Waals surface area contributed by atoms with Gasteiger partial charge in [-0.3, -0.25) is 4.57 Å². The normalized spacial score (nSPS) is 13.5. The number of hydrogen-bond acceptors (Lipinski definition) is 3. The molecule has 0 unspecified atom stereocenters. The number of para-hydroxylation sites is 2. The van der Waals surface area contributed by atoms with Crippen molar-refractivity contribution in [1.82, 2.24) is 14.1 Å². The number of anilines is 2. The van der Waals surface area contributed by atoms with Crippen LogP contribution in [0.3, 0.4) is 0 Å². The maximum absolute atomic E-state index is 9.62. The minimum Gasteiger partial charge on any atom is -0.457 e. The Balaban J connectivity index is 0.996. The van der Waals surface area contributed by atoms with Crippen LogP contribution in [0.5, 0.6) is 11.5 Å². The first-order chi connectivity index (χ1) is 38.3. The summed E-state index contributed by atoms with van der Waals surface area (Å²) in [5.41, 5.74) is 12.8. The molecule has 0 saturated heterocycles. The van der Waals surface area contributed by atoms with Gasteiger partial charge in [-0.1, -0.05) is 202 Å². The number of pyridine rings is 1. The molecular weight excluding hydrogens is 949 g/mol. The van der Waals surface area contributed by atoms with Crippen molar-refractivity contribution in [3.63, 3.8) is 0 Å². The zero-order chi connectivity index (χ0) is 55.5. The number of fused-ring (bicyclic) bond motifs is 10. The molecule has 5 heteroatoms. The van der Waals surface area contributed by atoms with Crippen molar-refractivity contribution in [3.05, 3.63) is 229 Å². The number of aromatic nitrogens is 3. The second-order valence-corrected chi connectivity index (χ2v) is 24.3. The first kappa shape index (κ1) is 46.6. The molecule has 0 spiro atoms. The lowest BCUT2D eigenvalue weighted by atomic mass is 9.81. The average molecular weight is 1020 g/mol. The highest BCUT2D eigenvalue weighted by Crippen LogP contribution is 2.46. The van der Waals surface area contributed by atoms with Crippen molar-refractivity contribution in [2.75, 3.05) is 4.90 Å². The van der Waals surface area contributed by atoms with Crippen LogP contribution in [0.2, 0.25) is 0 Å². The van der Waals surface area contributed by atoms with Gasteiger partial charge in [0.2, 0.25) is 0 Å². The summed E-state index contributed by atoms with van der Waals surface area (Å²) in [5.74, 6) is 2.31. The Morgan fingerprint density at radius 3 is 1.81 bits per heavy atom. The fraction of sp³-hybridized carbons (Fsp3) is 0.192. The van der Waals surface area contributed by atoms with Gasteiger partial charge >= 0.3 is 0 Å². The van der Waals surface area contributed by atoms with Gasteiger partial charge in [0.25, 0.3) is 0 Å². The van der Waals surface area contributed by atoms with E-state index in [1.807, 2.05) is 33.0 Å². The molecule has 3 aromatic heterocycles. The highest BCUT2D eigenvalue weighted by molar-refractivity contribution is 6.22. The zero-order valence-electron chi connectivity index (χ0n) is 48.1. The molecule has 0 saturated carbocycles. The van der Waals surface area contributed by atoms with E-state index in [0.29, 0.717) is 12.2 Å². The van der Waals surface area contributed by atoms with Gasteiger partial charge in [0.05, 0.1) is 27.8 Å². The van der Waals surface area contributed by atoms with Crippen molar-refractivity contribution in [3.8, 4) is 39.6 Å². The number of benzene rings is 9. The largest absolute Gasteiger partial charge is 0.457 e. The molecule has 0 radical (unpaired) electrons. The fourth-order valence-electron chi connectivity index (χ4n) is 11.8. The molecule has 384 valence electrons. The third-order valence-corrected chi connectivity index (χ3v) is 15.6. The molecule has 0 amide bonds. The van der Waals surface area contributed by atoms with E-state index < -0.39 is 11.8 Å². The molecule has 13 rings (SSSR count). The number of nitrogens with zero attached hydrogens (tertiary/aromatic N) is 4. The maximum Gasteiger partial charge on any atom is 0.137 e. The minimum atomic E-state index is -1.61. The average Bonchev–Trinajstić information content (AvgIpc) is 4.15. The van der Waals surface area contributed by atoms with Gasteiger partial charge in [-0.05, 0) is 132 Å². The van der Waals surface area contributed by atoms with Gasteiger partial charge < -0.3 is 14.2 Å². The van der Waals surface area contributed by atoms with Crippen molar-refractivity contribution < 1.29 is 7.48 Å². The first-order valence-corrected chi connectivity index (χ1v) is 27.4. The lowest BCUT2D eigenvalue weighted by Crippen LogP contribution is -2.15. The molecule has 5 nitrogen and oxygen atoms in total. The van der Waals surface area contributed by atoms with Crippen molar-refractivity contribution >= 4 is 76.5 Å². The summed E-state index contributed by atoms with van der Waals surface area (Å²) >= 11 is 0. The molecule has 9 aromatic carbocycles. The summed E-state index contributed by atoms with van der Waals surface area (Å²) in [5, 5.41) is 9.17. The van der Waals surface area contributed by atoms with E-state index in [1.165, 1.54) is 21.9 Å². The van der Waals surface area contributed by atoms with Crippen LogP contribution < -0.4 is 9.64 Å². The molecule has 0 fully saturated rings. The van der Waals surface area contributed by atoms with Gasteiger partial charge in [-0.2, -0.15) is 0 Å². The summed E-state index contributed by atoms with van der Waals surface area (Å²) in [4.78, 5) is 7.41. The van der Waals surface area contributed by atoms with Crippen molar-refractivity contribution in [1.29, 1.82) is 0 Å². The van der Waals surface area contributed by atoms with Crippen LogP contribution in [0.4, 0.5) is 11.4 Å². The Hall–Kier alpha value is -8.67. The van der Waals surface area contributed by atoms with Crippen LogP contribution in [-0.4, -0.2) is 14.1 Å².